The summed E-state index contributed by atoms with van der Waals surface area (Å²) in [6.07, 6.45) is 4.41. The Hall–Kier alpha value is -2.83. The first-order chi connectivity index (χ1) is 11.5. The lowest BCUT2D eigenvalue weighted by Gasteiger charge is -2.23. The number of carboxylic acid groups (broad SMARTS) is 1. The van der Waals surface area contributed by atoms with E-state index in [4.69, 9.17) is 4.74 Å². The average molecular weight is 330 g/mol. The minimum atomic E-state index is -0.983. The molecule has 2 aliphatic carbocycles. The second-order valence-corrected chi connectivity index (χ2v) is 5.98. The SMILES string of the molecule is COc1ccccc1C(=O)NNC(=O)[C@@H]1[C@@H](C(=O)O)[C@H]2C=C[C@H]1C2. The number of ether oxygens (including phenoxy) is 1. The summed E-state index contributed by atoms with van der Waals surface area (Å²) in [4.78, 5) is 36.0. The van der Waals surface area contributed by atoms with E-state index in [0.717, 1.165) is 0 Å². The summed E-state index contributed by atoms with van der Waals surface area (Å²) < 4.78 is 5.10. The molecule has 3 N–H and O–H groups in total. The number of methoxy groups -OCH3 is 1. The smallest absolute Gasteiger partial charge is 0.307 e. The van der Waals surface area contributed by atoms with Gasteiger partial charge in [-0.25, -0.2) is 0 Å². The summed E-state index contributed by atoms with van der Waals surface area (Å²) in [5, 5.41) is 9.36. The second-order valence-electron chi connectivity index (χ2n) is 5.98. The van der Waals surface area contributed by atoms with Crippen LogP contribution >= 0.6 is 0 Å². The number of hydrogen-bond acceptors (Lipinski definition) is 4. The lowest BCUT2D eigenvalue weighted by molar-refractivity contribution is -0.148. The van der Waals surface area contributed by atoms with Crippen molar-refractivity contribution in [3.05, 3.63) is 42.0 Å². The third-order valence-electron chi connectivity index (χ3n) is 4.70. The van der Waals surface area contributed by atoms with Crippen LogP contribution in [0.2, 0.25) is 0 Å². The van der Waals surface area contributed by atoms with E-state index in [-0.39, 0.29) is 17.4 Å². The number of amides is 2. The Balaban J connectivity index is 1.66. The Labute approximate surface area is 138 Å². The first-order valence-electron chi connectivity index (χ1n) is 7.67. The standard InChI is InChI=1S/C17H18N2O5/c1-24-12-5-3-2-4-11(12)15(20)18-19-16(21)13-9-6-7-10(8-9)14(13)17(22)23/h2-7,9-10,13-14H,8H2,1H3,(H,18,20)(H,19,21)(H,22,23)/t9-,10-,13-,14-/m0/s1. The number of fused-ring (bicyclic) bond motifs is 2. The first kappa shape index (κ1) is 16.0. The molecule has 7 heteroatoms. The highest BCUT2D eigenvalue weighted by Gasteiger charge is 2.51. The van der Waals surface area contributed by atoms with E-state index >= 15 is 0 Å². The van der Waals surface area contributed by atoms with Gasteiger partial charge in [0.15, 0.2) is 0 Å². The van der Waals surface area contributed by atoms with Gasteiger partial charge in [-0.2, -0.15) is 0 Å². The van der Waals surface area contributed by atoms with Crippen LogP contribution in [0.15, 0.2) is 36.4 Å². The lowest BCUT2D eigenvalue weighted by Crippen LogP contribution is -2.48. The number of allylic oxidation sites excluding steroid dienone is 2. The number of benzene rings is 1. The van der Waals surface area contributed by atoms with Gasteiger partial charge in [-0.3, -0.25) is 25.2 Å². The fourth-order valence-corrected chi connectivity index (χ4v) is 3.62. The number of aliphatic carboxylic acids is 1. The summed E-state index contributed by atoms with van der Waals surface area (Å²) >= 11 is 0. The zero-order valence-electron chi connectivity index (χ0n) is 13.1. The van der Waals surface area contributed by atoms with Crippen LogP contribution in [0.3, 0.4) is 0 Å². The monoisotopic (exact) mass is 330 g/mol. The van der Waals surface area contributed by atoms with Crippen LogP contribution in [0.1, 0.15) is 16.8 Å². The minimum Gasteiger partial charge on any atom is -0.496 e. The van der Waals surface area contributed by atoms with Gasteiger partial charge < -0.3 is 9.84 Å². The summed E-state index contributed by atoms with van der Waals surface area (Å²) in [6, 6.07) is 6.62. The molecule has 0 aliphatic heterocycles. The molecule has 0 unspecified atom stereocenters. The molecule has 1 aromatic carbocycles. The molecule has 1 saturated carbocycles. The van der Waals surface area contributed by atoms with Crippen molar-refractivity contribution < 1.29 is 24.2 Å². The van der Waals surface area contributed by atoms with Crippen molar-refractivity contribution in [1.82, 2.24) is 10.9 Å². The molecule has 1 aromatic rings. The number of carboxylic acids is 1. The summed E-state index contributed by atoms with van der Waals surface area (Å²) in [5.74, 6) is -3.24. The zero-order valence-corrected chi connectivity index (χ0v) is 13.1. The van der Waals surface area contributed by atoms with Crippen molar-refractivity contribution >= 4 is 17.8 Å². The molecular weight excluding hydrogens is 312 g/mol. The molecular formula is C17H18N2O5. The molecule has 0 heterocycles. The molecule has 0 saturated heterocycles. The number of hydrazine groups is 1. The molecule has 1 fully saturated rings. The normalized spacial score (nSPS) is 26.9. The van der Waals surface area contributed by atoms with Crippen molar-refractivity contribution in [2.45, 2.75) is 6.42 Å². The Bertz CT molecular complexity index is 715. The summed E-state index contributed by atoms with van der Waals surface area (Å²) in [5.41, 5.74) is 4.97. The third kappa shape index (κ3) is 2.73. The predicted molar refractivity (Wildman–Crippen MR) is 84.0 cm³/mol. The van der Waals surface area contributed by atoms with Gasteiger partial charge in [0.25, 0.3) is 5.91 Å². The van der Waals surface area contributed by atoms with Gasteiger partial charge in [-0.15, -0.1) is 0 Å². The number of hydrogen-bond donors (Lipinski definition) is 3. The second kappa shape index (κ2) is 6.35. The average Bonchev–Trinajstić information content (AvgIpc) is 3.20. The molecule has 0 spiro atoms. The van der Waals surface area contributed by atoms with Crippen molar-refractivity contribution in [2.75, 3.05) is 7.11 Å². The van der Waals surface area contributed by atoms with E-state index in [0.29, 0.717) is 12.2 Å². The van der Waals surface area contributed by atoms with E-state index in [2.05, 4.69) is 10.9 Å². The quantitative estimate of drug-likeness (QED) is 0.564. The van der Waals surface area contributed by atoms with Crippen molar-refractivity contribution in [3.8, 4) is 5.75 Å². The number of para-hydroxylation sites is 1. The van der Waals surface area contributed by atoms with E-state index in [1.165, 1.54) is 7.11 Å². The van der Waals surface area contributed by atoms with Gasteiger partial charge in [-0.1, -0.05) is 24.3 Å². The van der Waals surface area contributed by atoms with Crippen molar-refractivity contribution in [1.29, 1.82) is 0 Å². The Morgan fingerprint density at radius 2 is 1.75 bits per heavy atom. The molecule has 3 rings (SSSR count). The summed E-state index contributed by atoms with van der Waals surface area (Å²) in [6.45, 7) is 0. The predicted octanol–water partition coefficient (Wildman–Crippen LogP) is 0.979. The number of nitrogens with one attached hydrogen (secondary N) is 2. The highest BCUT2D eigenvalue weighted by Crippen LogP contribution is 2.48. The van der Waals surface area contributed by atoms with Gasteiger partial charge in [0, 0.05) is 0 Å². The zero-order chi connectivity index (χ0) is 17.3. The summed E-state index contributed by atoms with van der Waals surface area (Å²) in [7, 11) is 1.45. The molecule has 24 heavy (non-hydrogen) atoms. The molecule has 2 aliphatic rings. The van der Waals surface area contributed by atoms with Crippen LogP contribution in [-0.2, 0) is 9.59 Å². The number of rotatable bonds is 4. The molecule has 4 atom stereocenters. The number of carbonyl (C=O) groups excluding carboxylic acids is 2. The van der Waals surface area contributed by atoms with Crippen LogP contribution in [0.5, 0.6) is 5.75 Å². The van der Waals surface area contributed by atoms with Gasteiger partial charge in [-0.05, 0) is 30.4 Å². The van der Waals surface area contributed by atoms with Crippen molar-refractivity contribution in [3.63, 3.8) is 0 Å². The largest absolute Gasteiger partial charge is 0.496 e. The van der Waals surface area contributed by atoms with Crippen LogP contribution in [0, 0.1) is 23.7 Å². The van der Waals surface area contributed by atoms with Crippen LogP contribution < -0.4 is 15.6 Å². The van der Waals surface area contributed by atoms with Gasteiger partial charge >= 0.3 is 5.97 Å². The number of carbonyl (C=O) groups is 3. The van der Waals surface area contributed by atoms with Gasteiger partial charge in [0.2, 0.25) is 5.91 Å². The highest BCUT2D eigenvalue weighted by atomic mass is 16.5. The third-order valence-corrected chi connectivity index (χ3v) is 4.70. The Morgan fingerprint density at radius 1 is 1.08 bits per heavy atom. The highest BCUT2D eigenvalue weighted by molar-refractivity contribution is 5.98. The van der Waals surface area contributed by atoms with Gasteiger partial charge in [0.05, 0.1) is 24.5 Å². The van der Waals surface area contributed by atoms with E-state index in [9.17, 15) is 19.5 Å². The van der Waals surface area contributed by atoms with Crippen LogP contribution in [0.4, 0.5) is 0 Å². The fraction of sp³-hybridized carbons (Fsp3) is 0.353. The minimum absolute atomic E-state index is 0.0979. The fourth-order valence-electron chi connectivity index (χ4n) is 3.62. The maximum Gasteiger partial charge on any atom is 0.307 e. The van der Waals surface area contributed by atoms with E-state index in [1.54, 1.807) is 24.3 Å². The van der Waals surface area contributed by atoms with Gasteiger partial charge in [0.1, 0.15) is 5.75 Å². The van der Waals surface area contributed by atoms with Crippen LogP contribution in [0.25, 0.3) is 0 Å². The van der Waals surface area contributed by atoms with Crippen molar-refractivity contribution in [2.24, 2.45) is 23.7 Å². The topological polar surface area (TPSA) is 105 Å². The van der Waals surface area contributed by atoms with E-state index in [1.807, 2.05) is 12.2 Å². The molecule has 7 nitrogen and oxygen atoms in total. The molecule has 0 radical (unpaired) electrons. The molecule has 0 aromatic heterocycles. The maximum absolute atomic E-state index is 12.4. The van der Waals surface area contributed by atoms with Crippen LogP contribution in [-0.4, -0.2) is 30.0 Å². The molecule has 2 bridgehead atoms. The Kier molecular flexibility index (Phi) is 4.24. The molecule has 126 valence electrons. The first-order valence-corrected chi connectivity index (χ1v) is 7.67. The molecule has 2 amide bonds. The Morgan fingerprint density at radius 3 is 2.42 bits per heavy atom. The lowest BCUT2D eigenvalue weighted by atomic mass is 9.82. The van der Waals surface area contributed by atoms with E-state index < -0.39 is 29.6 Å². The maximum atomic E-state index is 12.4.